The maximum Gasteiger partial charge on any atom is 0.419 e. The SMILES string of the molecule is CCC(C)N(C)CCNc1ncc(Br)cc1C(F)(F)F. The Balaban J connectivity index is 2.69. The van der Waals surface area contributed by atoms with Crippen molar-refractivity contribution in [1.29, 1.82) is 0 Å². The fourth-order valence-electron chi connectivity index (χ4n) is 1.68. The zero-order valence-electron chi connectivity index (χ0n) is 11.8. The minimum absolute atomic E-state index is 0.127. The molecule has 1 aromatic heterocycles. The van der Waals surface area contributed by atoms with E-state index in [4.69, 9.17) is 0 Å². The number of halogens is 4. The molecule has 1 N–H and O–H groups in total. The van der Waals surface area contributed by atoms with Crippen molar-refractivity contribution in [2.24, 2.45) is 0 Å². The summed E-state index contributed by atoms with van der Waals surface area (Å²) in [5, 5.41) is 2.76. The Bertz CT molecular complexity index is 437. The molecule has 0 radical (unpaired) electrons. The minimum Gasteiger partial charge on any atom is -0.368 e. The average molecular weight is 354 g/mol. The molecule has 0 aliphatic carbocycles. The molecule has 0 aliphatic heterocycles. The van der Waals surface area contributed by atoms with E-state index in [1.54, 1.807) is 0 Å². The summed E-state index contributed by atoms with van der Waals surface area (Å²) in [4.78, 5) is 5.91. The van der Waals surface area contributed by atoms with Crippen LogP contribution in [0.3, 0.4) is 0 Å². The maximum atomic E-state index is 12.9. The molecule has 1 aromatic rings. The zero-order valence-corrected chi connectivity index (χ0v) is 13.3. The van der Waals surface area contributed by atoms with Crippen LogP contribution in [-0.2, 0) is 6.18 Å². The summed E-state index contributed by atoms with van der Waals surface area (Å²) < 4.78 is 39.0. The first kappa shape index (κ1) is 17.2. The molecular weight excluding hydrogens is 335 g/mol. The summed E-state index contributed by atoms with van der Waals surface area (Å²) in [7, 11) is 1.95. The maximum absolute atomic E-state index is 12.9. The molecule has 1 atom stereocenters. The molecule has 0 amide bonds. The first-order chi connectivity index (χ1) is 9.25. The molecule has 3 nitrogen and oxygen atoms in total. The first-order valence-electron chi connectivity index (χ1n) is 6.42. The number of nitrogens with one attached hydrogen (secondary N) is 1. The number of hydrogen-bond donors (Lipinski definition) is 1. The van der Waals surface area contributed by atoms with E-state index in [2.05, 4.69) is 45.0 Å². The zero-order chi connectivity index (χ0) is 15.3. The molecule has 7 heteroatoms. The van der Waals surface area contributed by atoms with Crippen LogP contribution in [-0.4, -0.2) is 36.1 Å². The highest BCUT2D eigenvalue weighted by molar-refractivity contribution is 9.10. The van der Waals surface area contributed by atoms with Gasteiger partial charge in [-0.05, 0) is 42.4 Å². The summed E-state index contributed by atoms with van der Waals surface area (Å²) in [6.45, 7) is 5.23. The Labute approximate surface area is 125 Å². The van der Waals surface area contributed by atoms with Crippen molar-refractivity contribution in [2.75, 3.05) is 25.5 Å². The second kappa shape index (κ2) is 7.26. The largest absolute Gasteiger partial charge is 0.419 e. The number of alkyl halides is 3. The van der Waals surface area contributed by atoms with Crippen LogP contribution in [0.4, 0.5) is 19.0 Å². The number of nitrogens with zero attached hydrogens (tertiary/aromatic N) is 2. The lowest BCUT2D eigenvalue weighted by Gasteiger charge is -2.24. The van der Waals surface area contributed by atoms with Crippen molar-refractivity contribution in [3.05, 3.63) is 22.3 Å². The van der Waals surface area contributed by atoms with Gasteiger partial charge in [-0.15, -0.1) is 0 Å². The molecule has 114 valence electrons. The van der Waals surface area contributed by atoms with E-state index in [0.717, 1.165) is 12.5 Å². The van der Waals surface area contributed by atoms with Gasteiger partial charge in [0.25, 0.3) is 0 Å². The smallest absolute Gasteiger partial charge is 0.368 e. The summed E-state index contributed by atoms with van der Waals surface area (Å²) in [6.07, 6.45) is -2.06. The standard InChI is InChI=1S/C13H19BrF3N3/c1-4-9(2)20(3)6-5-18-12-11(13(15,16)17)7-10(14)8-19-12/h7-9H,4-6H2,1-3H3,(H,18,19). The fraction of sp³-hybridized carbons (Fsp3) is 0.615. The Kier molecular flexibility index (Phi) is 6.26. The summed E-state index contributed by atoms with van der Waals surface area (Å²) >= 11 is 3.01. The minimum atomic E-state index is -4.41. The Morgan fingerprint density at radius 3 is 2.65 bits per heavy atom. The molecule has 0 bridgehead atoms. The highest BCUT2D eigenvalue weighted by Gasteiger charge is 2.34. The number of likely N-dealkylation sites (N-methyl/N-ethyl adjacent to an activating group) is 1. The Morgan fingerprint density at radius 2 is 2.10 bits per heavy atom. The van der Waals surface area contributed by atoms with Crippen LogP contribution in [0.15, 0.2) is 16.7 Å². The Hall–Kier alpha value is -0.820. The third-order valence-corrected chi connectivity index (χ3v) is 3.69. The third-order valence-electron chi connectivity index (χ3n) is 3.26. The van der Waals surface area contributed by atoms with Crippen molar-refractivity contribution in [3.8, 4) is 0 Å². The van der Waals surface area contributed by atoms with Gasteiger partial charge in [0.2, 0.25) is 0 Å². The molecule has 1 rings (SSSR count). The summed E-state index contributed by atoms with van der Waals surface area (Å²) in [5.74, 6) is -0.127. The van der Waals surface area contributed by atoms with Crippen molar-refractivity contribution < 1.29 is 13.2 Å². The molecule has 0 aliphatic rings. The van der Waals surface area contributed by atoms with Crippen LogP contribution in [0.25, 0.3) is 0 Å². The van der Waals surface area contributed by atoms with Gasteiger partial charge < -0.3 is 10.2 Å². The van der Waals surface area contributed by atoms with Gasteiger partial charge in [0, 0.05) is 29.8 Å². The lowest BCUT2D eigenvalue weighted by atomic mass is 10.2. The van der Waals surface area contributed by atoms with Gasteiger partial charge in [-0.3, -0.25) is 0 Å². The number of hydrogen-bond acceptors (Lipinski definition) is 3. The molecule has 1 unspecified atom stereocenters. The second-order valence-electron chi connectivity index (χ2n) is 4.71. The summed E-state index contributed by atoms with van der Waals surface area (Å²) in [6, 6.07) is 1.44. The highest BCUT2D eigenvalue weighted by Crippen LogP contribution is 2.35. The van der Waals surface area contributed by atoms with Crippen LogP contribution >= 0.6 is 15.9 Å². The van der Waals surface area contributed by atoms with Gasteiger partial charge in [-0.1, -0.05) is 6.92 Å². The molecule has 0 saturated carbocycles. The molecule has 0 fully saturated rings. The molecule has 0 spiro atoms. The second-order valence-corrected chi connectivity index (χ2v) is 5.63. The number of rotatable bonds is 6. The molecule has 0 aromatic carbocycles. The van der Waals surface area contributed by atoms with Gasteiger partial charge >= 0.3 is 6.18 Å². The van der Waals surface area contributed by atoms with Crippen molar-refractivity contribution in [3.63, 3.8) is 0 Å². The highest BCUT2D eigenvalue weighted by atomic mass is 79.9. The van der Waals surface area contributed by atoms with Gasteiger partial charge in [0.15, 0.2) is 0 Å². The van der Waals surface area contributed by atoms with Crippen LogP contribution in [0, 0.1) is 0 Å². The first-order valence-corrected chi connectivity index (χ1v) is 7.21. The molecule has 0 saturated heterocycles. The van der Waals surface area contributed by atoms with Crippen molar-refractivity contribution in [1.82, 2.24) is 9.88 Å². The van der Waals surface area contributed by atoms with E-state index in [-0.39, 0.29) is 5.82 Å². The van der Waals surface area contributed by atoms with E-state index in [1.807, 2.05) is 7.05 Å². The van der Waals surface area contributed by atoms with Gasteiger partial charge in [0.1, 0.15) is 5.82 Å². The van der Waals surface area contributed by atoms with Crippen molar-refractivity contribution in [2.45, 2.75) is 32.5 Å². The fourth-order valence-corrected chi connectivity index (χ4v) is 2.01. The predicted octanol–water partition coefficient (Wildman–Crippen LogP) is 4.01. The van der Waals surface area contributed by atoms with Crippen LogP contribution in [0.1, 0.15) is 25.8 Å². The molecular formula is C13H19BrF3N3. The van der Waals surface area contributed by atoms with E-state index < -0.39 is 11.7 Å². The van der Waals surface area contributed by atoms with Crippen LogP contribution in [0.2, 0.25) is 0 Å². The Morgan fingerprint density at radius 1 is 1.45 bits per heavy atom. The third kappa shape index (κ3) is 4.94. The topological polar surface area (TPSA) is 28.2 Å². The van der Waals surface area contributed by atoms with Crippen molar-refractivity contribution >= 4 is 21.7 Å². The monoisotopic (exact) mass is 353 g/mol. The average Bonchev–Trinajstić information content (AvgIpc) is 2.38. The lowest BCUT2D eigenvalue weighted by molar-refractivity contribution is -0.137. The lowest BCUT2D eigenvalue weighted by Crippen LogP contribution is -2.33. The number of anilines is 1. The van der Waals surface area contributed by atoms with Gasteiger partial charge in [0.05, 0.1) is 5.56 Å². The number of aromatic nitrogens is 1. The van der Waals surface area contributed by atoms with Gasteiger partial charge in [-0.2, -0.15) is 13.2 Å². The van der Waals surface area contributed by atoms with E-state index in [0.29, 0.717) is 23.6 Å². The van der Waals surface area contributed by atoms with Crippen LogP contribution < -0.4 is 5.32 Å². The quantitative estimate of drug-likeness (QED) is 0.837. The predicted molar refractivity (Wildman–Crippen MR) is 77.8 cm³/mol. The summed E-state index contributed by atoms with van der Waals surface area (Å²) in [5.41, 5.74) is -0.752. The normalized spacial score (nSPS) is 13.6. The molecule has 1 heterocycles. The van der Waals surface area contributed by atoms with E-state index in [9.17, 15) is 13.2 Å². The van der Waals surface area contributed by atoms with Crippen LogP contribution in [0.5, 0.6) is 0 Å². The van der Waals surface area contributed by atoms with E-state index >= 15 is 0 Å². The van der Waals surface area contributed by atoms with E-state index in [1.165, 1.54) is 6.20 Å². The molecule has 20 heavy (non-hydrogen) atoms. The number of pyridine rings is 1. The van der Waals surface area contributed by atoms with Gasteiger partial charge in [-0.25, -0.2) is 4.98 Å².